The van der Waals surface area contributed by atoms with Gasteiger partial charge in [0.2, 0.25) is 0 Å². The van der Waals surface area contributed by atoms with Crippen LogP contribution in [0, 0.1) is 6.92 Å². The molecule has 3 aromatic rings. The molecule has 0 atom stereocenters. The van der Waals surface area contributed by atoms with Crippen LogP contribution in [0.3, 0.4) is 0 Å². The van der Waals surface area contributed by atoms with Crippen molar-refractivity contribution >= 4 is 16.7 Å². The molecule has 1 aromatic heterocycles. The fourth-order valence-corrected chi connectivity index (χ4v) is 2.30. The van der Waals surface area contributed by atoms with E-state index >= 15 is 0 Å². The maximum atomic E-state index is 12.9. The monoisotopic (exact) mass is 329 g/mol. The number of aromatic nitrogens is 2. The number of nitrogens with one attached hydrogen (secondary N) is 1. The first-order valence-corrected chi connectivity index (χ1v) is 7.61. The summed E-state index contributed by atoms with van der Waals surface area (Å²) in [4.78, 5) is 7.82. The van der Waals surface area contributed by atoms with Gasteiger partial charge in [-0.25, -0.2) is 18.7 Å². The number of anilines is 1. The topological polar surface area (TPSA) is 47.0 Å². The van der Waals surface area contributed by atoms with Crippen molar-refractivity contribution in [2.45, 2.75) is 13.3 Å². The van der Waals surface area contributed by atoms with E-state index in [0.717, 1.165) is 11.3 Å². The zero-order chi connectivity index (χ0) is 16.9. The lowest BCUT2D eigenvalue weighted by Crippen LogP contribution is -2.13. The van der Waals surface area contributed by atoms with Crippen molar-refractivity contribution < 1.29 is 13.5 Å². The molecule has 0 saturated carbocycles. The zero-order valence-corrected chi connectivity index (χ0v) is 13.2. The highest BCUT2D eigenvalue weighted by Gasteiger charge is 2.14. The summed E-state index contributed by atoms with van der Waals surface area (Å²) in [7, 11) is 0. The van der Waals surface area contributed by atoms with Gasteiger partial charge < -0.3 is 10.1 Å². The van der Waals surface area contributed by atoms with Gasteiger partial charge in [0, 0.05) is 5.39 Å². The first-order valence-electron chi connectivity index (χ1n) is 7.61. The fourth-order valence-electron chi connectivity index (χ4n) is 2.30. The van der Waals surface area contributed by atoms with E-state index in [1.165, 1.54) is 0 Å². The van der Waals surface area contributed by atoms with E-state index < -0.39 is 12.2 Å². The lowest BCUT2D eigenvalue weighted by Gasteiger charge is -2.11. The number of aryl methyl sites for hydroxylation is 1. The number of ether oxygens (including phenoxy) is 1. The highest BCUT2D eigenvalue weighted by atomic mass is 19.3. The summed E-state index contributed by atoms with van der Waals surface area (Å²) < 4.78 is 31.5. The lowest BCUT2D eigenvalue weighted by atomic mass is 10.2. The van der Waals surface area contributed by atoms with Crippen molar-refractivity contribution in [1.82, 2.24) is 9.97 Å². The fraction of sp³-hybridized carbons (Fsp3) is 0.222. The minimum Gasteiger partial charge on any atom is -0.492 e. The SMILES string of the molecule is Cc1ccc(OCCNc2nc(C(F)F)nc3ccccc23)cc1. The number of hydrogen-bond acceptors (Lipinski definition) is 4. The minimum absolute atomic E-state index is 0.392. The van der Waals surface area contributed by atoms with E-state index in [4.69, 9.17) is 4.74 Å². The molecule has 0 bridgehead atoms. The smallest absolute Gasteiger partial charge is 0.297 e. The van der Waals surface area contributed by atoms with Gasteiger partial charge in [0.15, 0.2) is 5.82 Å². The Labute approximate surface area is 138 Å². The van der Waals surface area contributed by atoms with Crippen LogP contribution in [0.15, 0.2) is 48.5 Å². The summed E-state index contributed by atoms with van der Waals surface area (Å²) in [6.45, 7) is 2.84. The number of para-hydroxylation sites is 1. The van der Waals surface area contributed by atoms with E-state index in [1.807, 2.05) is 37.3 Å². The Morgan fingerprint density at radius 2 is 1.79 bits per heavy atom. The Morgan fingerprint density at radius 1 is 1.04 bits per heavy atom. The first-order chi connectivity index (χ1) is 11.6. The van der Waals surface area contributed by atoms with Gasteiger partial charge in [-0.2, -0.15) is 0 Å². The third-order valence-electron chi connectivity index (χ3n) is 3.50. The summed E-state index contributed by atoms with van der Waals surface area (Å²) in [6.07, 6.45) is -2.71. The summed E-state index contributed by atoms with van der Waals surface area (Å²) >= 11 is 0. The predicted octanol–water partition coefficient (Wildman–Crippen LogP) is 4.37. The minimum atomic E-state index is -2.71. The maximum Gasteiger partial charge on any atom is 0.297 e. The molecule has 24 heavy (non-hydrogen) atoms. The molecule has 0 radical (unpaired) electrons. The van der Waals surface area contributed by atoms with Gasteiger partial charge in [0.25, 0.3) is 6.43 Å². The Morgan fingerprint density at radius 3 is 2.54 bits per heavy atom. The molecule has 1 heterocycles. The van der Waals surface area contributed by atoms with E-state index in [2.05, 4.69) is 15.3 Å². The molecule has 3 rings (SSSR count). The van der Waals surface area contributed by atoms with Gasteiger partial charge in [-0.3, -0.25) is 0 Å². The molecule has 0 aliphatic rings. The Bertz CT molecular complexity index is 822. The van der Waals surface area contributed by atoms with Crippen molar-refractivity contribution in [2.75, 3.05) is 18.5 Å². The molecule has 124 valence electrons. The van der Waals surface area contributed by atoms with Crippen molar-refractivity contribution in [3.05, 3.63) is 59.9 Å². The van der Waals surface area contributed by atoms with Crippen LogP contribution in [-0.2, 0) is 0 Å². The number of fused-ring (bicyclic) bond motifs is 1. The molecule has 0 saturated heterocycles. The van der Waals surface area contributed by atoms with Gasteiger partial charge >= 0.3 is 0 Å². The first kappa shape index (κ1) is 16.1. The summed E-state index contributed by atoms with van der Waals surface area (Å²) in [5.74, 6) is 0.683. The van der Waals surface area contributed by atoms with E-state index in [-0.39, 0.29) is 0 Å². The average Bonchev–Trinajstić information content (AvgIpc) is 2.59. The second-order valence-corrected chi connectivity index (χ2v) is 5.34. The van der Waals surface area contributed by atoms with E-state index in [9.17, 15) is 8.78 Å². The normalized spacial score (nSPS) is 11.0. The lowest BCUT2D eigenvalue weighted by molar-refractivity contribution is 0.141. The molecule has 0 amide bonds. The number of rotatable bonds is 6. The van der Waals surface area contributed by atoms with Crippen LogP contribution < -0.4 is 10.1 Å². The molecule has 0 aliphatic carbocycles. The maximum absolute atomic E-state index is 12.9. The molecular formula is C18H17F2N3O. The van der Waals surface area contributed by atoms with Crippen molar-refractivity contribution in [3.63, 3.8) is 0 Å². The van der Waals surface area contributed by atoms with Gasteiger partial charge in [-0.05, 0) is 31.2 Å². The molecule has 1 N–H and O–H groups in total. The van der Waals surface area contributed by atoms with E-state index in [0.29, 0.717) is 29.9 Å². The molecule has 0 aliphatic heterocycles. The van der Waals surface area contributed by atoms with Crippen molar-refractivity contribution in [2.24, 2.45) is 0 Å². The Balaban J connectivity index is 1.69. The van der Waals surface area contributed by atoms with Crippen LogP contribution in [0.1, 0.15) is 17.8 Å². The number of benzene rings is 2. The van der Waals surface area contributed by atoms with Gasteiger partial charge in [0.05, 0.1) is 12.1 Å². The molecule has 4 nitrogen and oxygen atoms in total. The highest BCUT2D eigenvalue weighted by molar-refractivity contribution is 5.88. The largest absolute Gasteiger partial charge is 0.492 e. The second-order valence-electron chi connectivity index (χ2n) is 5.34. The van der Waals surface area contributed by atoms with Crippen LogP contribution in [0.25, 0.3) is 10.9 Å². The molecule has 0 unspecified atom stereocenters. The van der Waals surface area contributed by atoms with Crippen LogP contribution in [0.2, 0.25) is 0 Å². The van der Waals surface area contributed by atoms with Crippen LogP contribution in [0.4, 0.5) is 14.6 Å². The van der Waals surface area contributed by atoms with Gasteiger partial charge in [0.1, 0.15) is 18.2 Å². The number of hydrogen-bond donors (Lipinski definition) is 1. The van der Waals surface area contributed by atoms with Crippen LogP contribution in [0.5, 0.6) is 5.75 Å². The van der Waals surface area contributed by atoms with Crippen molar-refractivity contribution in [3.8, 4) is 5.75 Å². The van der Waals surface area contributed by atoms with Gasteiger partial charge in [-0.1, -0.05) is 29.8 Å². The summed E-state index contributed by atoms with van der Waals surface area (Å²) in [5.41, 5.74) is 1.65. The van der Waals surface area contributed by atoms with Crippen LogP contribution >= 0.6 is 0 Å². The summed E-state index contributed by atoms with van der Waals surface area (Å²) in [5, 5.41) is 3.76. The Kier molecular flexibility index (Phi) is 4.84. The number of alkyl halides is 2. The average molecular weight is 329 g/mol. The Hall–Kier alpha value is -2.76. The quantitative estimate of drug-likeness (QED) is 0.682. The number of halogens is 2. The molecule has 0 spiro atoms. The van der Waals surface area contributed by atoms with Crippen molar-refractivity contribution in [1.29, 1.82) is 0 Å². The molecule has 0 fully saturated rings. The zero-order valence-electron chi connectivity index (χ0n) is 13.2. The predicted molar refractivity (Wildman–Crippen MR) is 89.7 cm³/mol. The third-order valence-corrected chi connectivity index (χ3v) is 3.50. The highest BCUT2D eigenvalue weighted by Crippen LogP contribution is 2.24. The number of nitrogens with zero attached hydrogens (tertiary/aromatic N) is 2. The second kappa shape index (κ2) is 7.21. The molecule has 2 aromatic carbocycles. The van der Waals surface area contributed by atoms with E-state index in [1.54, 1.807) is 18.2 Å². The summed E-state index contributed by atoms with van der Waals surface area (Å²) in [6, 6.07) is 14.8. The van der Waals surface area contributed by atoms with Gasteiger partial charge in [-0.15, -0.1) is 0 Å². The molecule has 6 heteroatoms. The molecular weight excluding hydrogens is 312 g/mol. The van der Waals surface area contributed by atoms with Crippen LogP contribution in [-0.4, -0.2) is 23.1 Å². The standard InChI is InChI=1S/C18H17F2N3O/c1-12-6-8-13(9-7-12)24-11-10-21-17-14-4-2-3-5-15(14)22-18(23-17)16(19)20/h2-9,16H,10-11H2,1H3,(H,21,22,23). The third kappa shape index (κ3) is 3.76.